The van der Waals surface area contributed by atoms with Crippen molar-refractivity contribution >= 4 is 29.3 Å². The van der Waals surface area contributed by atoms with Crippen LogP contribution in [-0.4, -0.2) is 26.4 Å². The molecule has 3 rings (SSSR count). The summed E-state index contributed by atoms with van der Waals surface area (Å²) in [7, 11) is 0. The molecule has 1 heterocycles. The second kappa shape index (κ2) is 8.18. The number of carbonyl (C=O) groups is 1. The number of aryl methyl sites for hydroxylation is 1. The topological polar surface area (TPSA) is 59.8 Å². The second-order valence-electron chi connectivity index (χ2n) is 5.48. The third kappa shape index (κ3) is 4.61. The molecule has 0 aliphatic heterocycles. The van der Waals surface area contributed by atoms with Crippen LogP contribution in [0.3, 0.4) is 0 Å². The molecular weight excluding hydrogens is 356 g/mol. The molecule has 3 aromatic rings. The van der Waals surface area contributed by atoms with E-state index in [1.807, 2.05) is 60.0 Å². The fraction of sp³-hybridized carbons (Fsp3) is 0.167. The number of nitrogens with one attached hydrogen (secondary N) is 1. The molecule has 0 radical (unpaired) electrons. The molecule has 0 spiro atoms. The number of thioether (sulfide) groups is 1. The first kappa shape index (κ1) is 17.5. The van der Waals surface area contributed by atoms with Crippen LogP contribution < -0.4 is 5.32 Å². The van der Waals surface area contributed by atoms with Gasteiger partial charge >= 0.3 is 0 Å². The summed E-state index contributed by atoms with van der Waals surface area (Å²) in [6.45, 7) is 2.44. The fourth-order valence-electron chi connectivity index (χ4n) is 2.22. The van der Waals surface area contributed by atoms with E-state index in [1.165, 1.54) is 17.3 Å². The Morgan fingerprint density at radius 2 is 1.96 bits per heavy atom. The Kier molecular flexibility index (Phi) is 5.73. The van der Waals surface area contributed by atoms with Gasteiger partial charge in [-0.05, 0) is 30.7 Å². The minimum atomic E-state index is -0.0802. The summed E-state index contributed by atoms with van der Waals surface area (Å²) in [5.74, 6) is 0.179. The smallest absolute Gasteiger partial charge is 0.230 e. The zero-order chi connectivity index (χ0) is 17.6. The van der Waals surface area contributed by atoms with Crippen molar-refractivity contribution in [3.63, 3.8) is 0 Å². The highest BCUT2D eigenvalue weighted by Gasteiger charge is 2.10. The normalized spacial score (nSPS) is 10.6. The van der Waals surface area contributed by atoms with E-state index in [1.54, 1.807) is 6.33 Å². The van der Waals surface area contributed by atoms with Crippen molar-refractivity contribution in [2.75, 3.05) is 5.75 Å². The number of benzene rings is 2. The van der Waals surface area contributed by atoms with Gasteiger partial charge in [0.25, 0.3) is 0 Å². The summed E-state index contributed by atoms with van der Waals surface area (Å²) in [6.07, 6.45) is 1.65. The van der Waals surface area contributed by atoms with E-state index in [0.717, 1.165) is 11.3 Å². The second-order valence-corrected chi connectivity index (χ2v) is 6.83. The highest BCUT2D eigenvalue weighted by Crippen LogP contribution is 2.20. The van der Waals surface area contributed by atoms with Crippen LogP contribution in [0.15, 0.2) is 60.0 Å². The van der Waals surface area contributed by atoms with Gasteiger partial charge in [0, 0.05) is 17.3 Å². The van der Waals surface area contributed by atoms with Crippen LogP contribution in [0.1, 0.15) is 11.1 Å². The fourth-order valence-corrected chi connectivity index (χ4v) is 3.18. The third-order valence-corrected chi connectivity index (χ3v) is 4.91. The summed E-state index contributed by atoms with van der Waals surface area (Å²) in [6, 6.07) is 15.5. The van der Waals surface area contributed by atoms with E-state index in [9.17, 15) is 4.79 Å². The predicted octanol–water partition coefficient (Wildman–Crippen LogP) is 3.64. The van der Waals surface area contributed by atoms with E-state index in [-0.39, 0.29) is 11.7 Å². The van der Waals surface area contributed by atoms with Gasteiger partial charge in [-0.3, -0.25) is 9.36 Å². The summed E-state index contributed by atoms with van der Waals surface area (Å²) >= 11 is 7.43. The monoisotopic (exact) mass is 372 g/mol. The number of rotatable bonds is 6. The number of nitrogens with zero attached hydrogens (tertiary/aromatic N) is 3. The molecule has 0 bridgehead atoms. The largest absolute Gasteiger partial charge is 0.351 e. The molecule has 1 N–H and O–H groups in total. The Balaban J connectivity index is 1.57. The predicted molar refractivity (Wildman–Crippen MR) is 100 cm³/mol. The molecule has 0 unspecified atom stereocenters. The molecule has 1 aromatic heterocycles. The van der Waals surface area contributed by atoms with Crippen LogP contribution >= 0.6 is 23.4 Å². The van der Waals surface area contributed by atoms with Crippen molar-refractivity contribution < 1.29 is 4.79 Å². The van der Waals surface area contributed by atoms with Crippen molar-refractivity contribution in [1.82, 2.24) is 20.1 Å². The Labute approximate surface area is 155 Å². The summed E-state index contributed by atoms with van der Waals surface area (Å²) < 4.78 is 1.87. The molecule has 128 valence electrons. The molecule has 0 atom stereocenters. The van der Waals surface area contributed by atoms with Gasteiger partial charge in [-0.25, -0.2) is 0 Å². The summed E-state index contributed by atoms with van der Waals surface area (Å²) in [5.41, 5.74) is 3.05. The zero-order valence-electron chi connectivity index (χ0n) is 13.6. The molecule has 0 aliphatic rings. The molecule has 7 heteroatoms. The number of hydrogen-bond donors (Lipinski definition) is 1. The van der Waals surface area contributed by atoms with Gasteiger partial charge < -0.3 is 5.32 Å². The lowest BCUT2D eigenvalue weighted by Gasteiger charge is -2.08. The Morgan fingerprint density at radius 3 is 2.72 bits per heavy atom. The lowest BCUT2D eigenvalue weighted by molar-refractivity contribution is -0.118. The van der Waals surface area contributed by atoms with E-state index in [0.29, 0.717) is 16.7 Å². The van der Waals surface area contributed by atoms with Gasteiger partial charge in [0.05, 0.1) is 5.75 Å². The number of halogens is 1. The molecule has 0 fully saturated rings. The van der Waals surface area contributed by atoms with E-state index in [4.69, 9.17) is 11.6 Å². The van der Waals surface area contributed by atoms with Crippen molar-refractivity contribution in [2.45, 2.75) is 18.6 Å². The molecule has 5 nitrogen and oxygen atoms in total. The van der Waals surface area contributed by atoms with Crippen LogP contribution in [0.25, 0.3) is 5.69 Å². The van der Waals surface area contributed by atoms with Gasteiger partial charge in [0.2, 0.25) is 5.91 Å². The third-order valence-electron chi connectivity index (χ3n) is 3.59. The minimum absolute atomic E-state index is 0.0802. The van der Waals surface area contributed by atoms with Gasteiger partial charge in [0.15, 0.2) is 5.16 Å². The van der Waals surface area contributed by atoms with Crippen LogP contribution in [0.4, 0.5) is 0 Å². The van der Waals surface area contributed by atoms with Gasteiger partial charge in [-0.15, -0.1) is 10.2 Å². The standard InChI is InChI=1S/C18H17ClN4OS/c1-13-6-8-15(9-7-13)23-12-21-22-18(23)25-11-17(24)20-10-14-4-2-3-5-16(14)19/h2-9,12H,10-11H2,1H3,(H,20,24). The first-order valence-electron chi connectivity index (χ1n) is 7.73. The first-order chi connectivity index (χ1) is 12.1. The maximum Gasteiger partial charge on any atom is 0.230 e. The highest BCUT2D eigenvalue weighted by atomic mass is 35.5. The first-order valence-corrected chi connectivity index (χ1v) is 9.10. The Hall–Kier alpha value is -2.31. The maximum atomic E-state index is 12.1. The van der Waals surface area contributed by atoms with Gasteiger partial charge in [0.1, 0.15) is 6.33 Å². The Bertz CT molecular complexity index is 864. The molecule has 0 aliphatic carbocycles. The molecule has 2 aromatic carbocycles. The van der Waals surface area contributed by atoms with Crippen molar-refractivity contribution in [1.29, 1.82) is 0 Å². The van der Waals surface area contributed by atoms with Crippen LogP contribution in [0.2, 0.25) is 5.02 Å². The van der Waals surface area contributed by atoms with Crippen LogP contribution in [-0.2, 0) is 11.3 Å². The molecule has 1 amide bonds. The SMILES string of the molecule is Cc1ccc(-n2cnnc2SCC(=O)NCc2ccccc2Cl)cc1. The molecule has 0 saturated heterocycles. The van der Waals surface area contributed by atoms with Gasteiger partial charge in [-0.2, -0.15) is 0 Å². The van der Waals surface area contributed by atoms with Crippen LogP contribution in [0, 0.1) is 6.92 Å². The number of amides is 1. The molecule has 0 saturated carbocycles. The highest BCUT2D eigenvalue weighted by molar-refractivity contribution is 7.99. The number of aromatic nitrogens is 3. The van der Waals surface area contributed by atoms with Crippen molar-refractivity contribution in [2.24, 2.45) is 0 Å². The maximum absolute atomic E-state index is 12.1. The minimum Gasteiger partial charge on any atom is -0.351 e. The summed E-state index contributed by atoms with van der Waals surface area (Å²) in [5, 5.41) is 12.2. The van der Waals surface area contributed by atoms with Gasteiger partial charge in [-0.1, -0.05) is 59.3 Å². The average Bonchev–Trinajstić information content (AvgIpc) is 3.08. The van der Waals surface area contributed by atoms with E-state index >= 15 is 0 Å². The van der Waals surface area contributed by atoms with E-state index < -0.39 is 0 Å². The summed E-state index contributed by atoms with van der Waals surface area (Å²) in [4.78, 5) is 12.1. The average molecular weight is 373 g/mol. The number of hydrogen-bond acceptors (Lipinski definition) is 4. The molecule has 25 heavy (non-hydrogen) atoms. The van der Waals surface area contributed by atoms with Crippen molar-refractivity contribution in [3.05, 3.63) is 71.0 Å². The zero-order valence-corrected chi connectivity index (χ0v) is 15.2. The number of carbonyl (C=O) groups excluding carboxylic acids is 1. The Morgan fingerprint density at radius 1 is 1.20 bits per heavy atom. The molecular formula is C18H17ClN4OS. The quantitative estimate of drug-likeness (QED) is 0.671. The van der Waals surface area contributed by atoms with Crippen LogP contribution in [0.5, 0.6) is 0 Å². The van der Waals surface area contributed by atoms with Crippen molar-refractivity contribution in [3.8, 4) is 5.69 Å². The lowest BCUT2D eigenvalue weighted by Crippen LogP contribution is -2.24. The van der Waals surface area contributed by atoms with E-state index in [2.05, 4.69) is 15.5 Å². The lowest BCUT2D eigenvalue weighted by atomic mass is 10.2.